The maximum atomic E-state index is 11.9. The van der Waals surface area contributed by atoms with Crippen LogP contribution in [0.3, 0.4) is 0 Å². The van der Waals surface area contributed by atoms with Crippen molar-refractivity contribution >= 4 is 11.9 Å². The quantitative estimate of drug-likeness (QED) is 0.553. The minimum Gasteiger partial charge on any atom is -0.354 e. The second kappa shape index (κ2) is 10.3. The summed E-state index contributed by atoms with van der Waals surface area (Å²) >= 11 is 0. The van der Waals surface area contributed by atoms with Crippen LogP contribution in [0.25, 0.3) is 0 Å². The fourth-order valence-corrected chi connectivity index (χ4v) is 2.56. The van der Waals surface area contributed by atoms with Crippen molar-refractivity contribution in [3.05, 3.63) is 48.0 Å². The second-order valence-corrected chi connectivity index (χ2v) is 6.49. The zero-order chi connectivity index (χ0) is 19.6. The predicted molar refractivity (Wildman–Crippen MR) is 106 cm³/mol. The van der Waals surface area contributed by atoms with Gasteiger partial charge in [-0.15, -0.1) is 10.2 Å². The first kappa shape index (κ1) is 20.4. The van der Waals surface area contributed by atoms with Crippen molar-refractivity contribution in [2.75, 3.05) is 34.2 Å². The Balaban J connectivity index is 2.02. The van der Waals surface area contributed by atoms with Gasteiger partial charge in [-0.1, -0.05) is 37.3 Å². The van der Waals surface area contributed by atoms with Crippen LogP contribution in [-0.4, -0.2) is 70.7 Å². The number of carbonyl (C=O) groups excluding carboxylic acids is 1. The van der Waals surface area contributed by atoms with Gasteiger partial charge in [-0.3, -0.25) is 4.79 Å². The van der Waals surface area contributed by atoms with Crippen molar-refractivity contribution in [2.24, 2.45) is 4.99 Å². The zero-order valence-corrected chi connectivity index (χ0v) is 16.6. The molecule has 2 rings (SSSR count). The molecule has 0 spiro atoms. The molecule has 1 aromatic carbocycles. The van der Waals surface area contributed by atoms with E-state index < -0.39 is 0 Å². The Morgan fingerprint density at radius 3 is 2.63 bits per heavy atom. The molecule has 27 heavy (non-hydrogen) atoms. The lowest BCUT2D eigenvalue weighted by Crippen LogP contribution is -2.41. The number of amides is 1. The minimum absolute atomic E-state index is 0.0329. The van der Waals surface area contributed by atoms with Crippen LogP contribution in [0.1, 0.15) is 18.3 Å². The van der Waals surface area contributed by atoms with Gasteiger partial charge in [-0.25, -0.2) is 4.99 Å². The van der Waals surface area contributed by atoms with Crippen LogP contribution in [0.5, 0.6) is 0 Å². The highest BCUT2D eigenvalue weighted by Crippen LogP contribution is 2.03. The van der Waals surface area contributed by atoms with Crippen molar-refractivity contribution in [1.29, 1.82) is 0 Å². The van der Waals surface area contributed by atoms with E-state index in [4.69, 9.17) is 0 Å². The molecule has 0 aliphatic rings. The first-order valence-corrected chi connectivity index (χ1v) is 9.11. The highest BCUT2D eigenvalue weighted by molar-refractivity contribution is 5.84. The Hall–Kier alpha value is -2.90. The number of nitrogens with zero attached hydrogens (tertiary/aromatic N) is 6. The van der Waals surface area contributed by atoms with Gasteiger partial charge >= 0.3 is 0 Å². The summed E-state index contributed by atoms with van der Waals surface area (Å²) in [5.41, 5.74) is 1.18. The number of aromatic nitrogens is 3. The van der Waals surface area contributed by atoms with E-state index in [9.17, 15) is 4.79 Å². The largest absolute Gasteiger partial charge is 0.354 e. The fourth-order valence-electron chi connectivity index (χ4n) is 2.56. The van der Waals surface area contributed by atoms with Crippen LogP contribution in [0.4, 0.5) is 0 Å². The molecule has 0 saturated heterocycles. The van der Waals surface area contributed by atoms with Gasteiger partial charge in [0.25, 0.3) is 0 Å². The van der Waals surface area contributed by atoms with Crippen LogP contribution in [0.2, 0.25) is 0 Å². The molecule has 0 unspecified atom stereocenters. The molecule has 2 aromatic rings. The second-order valence-electron chi connectivity index (χ2n) is 6.49. The third-order valence-electron chi connectivity index (χ3n) is 4.13. The molecule has 0 saturated carbocycles. The lowest BCUT2D eigenvalue weighted by Gasteiger charge is -2.23. The van der Waals surface area contributed by atoms with E-state index >= 15 is 0 Å². The Labute approximate surface area is 160 Å². The van der Waals surface area contributed by atoms with E-state index in [2.05, 4.69) is 39.6 Å². The van der Waals surface area contributed by atoms with Crippen molar-refractivity contribution in [1.82, 2.24) is 29.9 Å². The summed E-state index contributed by atoms with van der Waals surface area (Å²) in [5.74, 6) is 1.62. The smallest absolute Gasteiger partial charge is 0.243 e. The van der Waals surface area contributed by atoms with E-state index in [0.29, 0.717) is 19.0 Å². The van der Waals surface area contributed by atoms with E-state index in [0.717, 1.165) is 18.8 Å². The number of aliphatic imine (C=N–C) groups is 1. The highest BCUT2D eigenvalue weighted by atomic mass is 16.2. The maximum absolute atomic E-state index is 11.9. The number of nitrogens with one attached hydrogen (secondary N) is 1. The third kappa shape index (κ3) is 6.40. The number of likely N-dealkylation sites (N-methyl/N-ethyl adjacent to an activating group) is 1. The highest BCUT2D eigenvalue weighted by Gasteiger charge is 2.10. The van der Waals surface area contributed by atoms with Crippen molar-refractivity contribution < 1.29 is 4.79 Å². The fraction of sp³-hybridized carbons (Fsp3) is 0.474. The van der Waals surface area contributed by atoms with Crippen LogP contribution >= 0.6 is 0 Å². The van der Waals surface area contributed by atoms with Gasteiger partial charge in [0.1, 0.15) is 18.7 Å². The molecule has 146 valence electrons. The molecule has 1 aromatic heterocycles. The number of guanidine groups is 1. The minimum atomic E-state index is -0.0329. The number of aryl methyl sites for hydroxylation is 1. The number of carbonyl (C=O) groups is 1. The number of benzene rings is 1. The molecule has 0 atom stereocenters. The summed E-state index contributed by atoms with van der Waals surface area (Å²) in [4.78, 5) is 20.0. The number of rotatable bonds is 8. The van der Waals surface area contributed by atoms with Gasteiger partial charge in [-0.2, -0.15) is 0 Å². The maximum Gasteiger partial charge on any atom is 0.243 e. The van der Waals surface area contributed by atoms with Gasteiger partial charge in [0.15, 0.2) is 5.96 Å². The van der Waals surface area contributed by atoms with E-state index in [1.807, 2.05) is 34.7 Å². The number of hydrogen-bond acceptors (Lipinski definition) is 4. The van der Waals surface area contributed by atoms with Crippen LogP contribution in [0, 0.1) is 0 Å². The van der Waals surface area contributed by atoms with E-state index in [-0.39, 0.29) is 12.5 Å². The standard InChI is InChI=1S/C19H29N7O/c1-5-17-23-22-15-26(17)12-11-20-19(21-13-18(27)24(2)3)25(4)14-16-9-7-6-8-10-16/h6-10,15H,5,11-14H2,1-4H3,(H,20,21). The van der Waals surface area contributed by atoms with Gasteiger partial charge in [0.2, 0.25) is 5.91 Å². The predicted octanol–water partition coefficient (Wildman–Crippen LogP) is 1.01. The molecule has 1 amide bonds. The molecule has 0 aliphatic carbocycles. The van der Waals surface area contributed by atoms with E-state index in [1.54, 1.807) is 25.3 Å². The summed E-state index contributed by atoms with van der Waals surface area (Å²) < 4.78 is 2.02. The summed E-state index contributed by atoms with van der Waals surface area (Å²) in [5, 5.41) is 11.4. The molecule has 0 bridgehead atoms. The van der Waals surface area contributed by atoms with Gasteiger partial charge in [0, 0.05) is 47.2 Å². The summed E-state index contributed by atoms with van der Waals surface area (Å²) in [6, 6.07) is 10.2. The van der Waals surface area contributed by atoms with Crippen molar-refractivity contribution in [2.45, 2.75) is 26.4 Å². The lowest BCUT2D eigenvalue weighted by molar-refractivity contribution is -0.127. The SMILES string of the molecule is CCc1nncn1CCNC(=NCC(=O)N(C)C)N(C)Cc1ccccc1. The molecule has 1 heterocycles. The zero-order valence-electron chi connectivity index (χ0n) is 16.6. The average molecular weight is 371 g/mol. The summed E-state index contributed by atoms with van der Waals surface area (Å²) in [7, 11) is 5.43. The Bertz CT molecular complexity index is 740. The third-order valence-corrected chi connectivity index (χ3v) is 4.13. The normalized spacial score (nSPS) is 11.3. The van der Waals surface area contributed by atoms with Crippen LogP contribution in [-0.2, 0) is 24.3 Å². The number of hydrogen-bond donors (Lipinski definition) is 1. The molecular weight excluding hydrogens is 342 g/mol. The summed E-state index contributed by atoms with van der Waals surface area (Å²) in [6.07, 6.45) is 2.58. The average Bonchev–Trinajstić information content (AvgIpc) is 3.12. The van der Waals surface area contributed by atoms with Crippen LogP contribution in [0.15, 0.2) is 41.7 Å². The lowest BCUT2D eigenvalue weighted by atomic mass is 10.2. The summed E-state index contributed by atoms with van der Waals surface area (Å²) in [6.45, 7) is 4.27. The molecular formula is C19H29N7O. The first-order valence-electron chi connectivity index (χ1n) is 9.11. The van der Waals surface area contributed by atoms with Gasteiger partial charge < -0.3 is 19.7 Å². The Morgan fingerprint density at radius 2 is 1.96 bits per heavy atom. The Kier molecular flexibility index (Phi) is 7.79. The monoisotopic (exact) mass is 371 g/mol. The molecule has 0 fully saturated rings. The van der Waals surface area contributed by atoms with Crippen molar-refractivity contribution in [3.63, 3.8) is 0 Å². The topological polar surface area (TPSA) is 78.6 Å². The van der Waals surface area contributed by atoms with Gasteiger partial charge in [0.05, 0.1) is 0 Å². The Morgan fingerprint density at radius 1 is 1.22 bits per heavy atom. The molecule has 1 N–H and O–H groups in total. The first-order chi connectivity index (χ1) is 13.0. The molecule has 0 aliphatic heterocycles. The van der Waals surface area contributed by atoms with Crippen molar-refractivity contribution in [3.8, 4) is 0 Å². The molecule has 8 nitrogen and oxygen atoms in total. The molecule has 8 heteroatoms. The van der Waals surface area contributed by atoms with E-state index in [1.165, 1.54) is 5.56 Å². The van der Waals surface area contributed by atoms with Gasteiger partial charge in [-0.05, 0) is 5.56 Å². The molecule has 0 radical (unpaired) electrons. The van der Waals surface area contributed by atoms with Crippen LogP contribution < -0.4 is 5.32 Å².